The molecule has 3 N–H and O–H groups in total. The Balaban J connectivity index is 4.49. The van der Waals surface area contributed by atoms with Crippen LogP contribution in [0, 0.1) is 11.8 Å². The van der Waals surface area contributed by atoms with Gasteiger partial charge in [0.15, 0.2) is 5.60 Å². The van der Waals surface area contributed by atoms with Gasteiger partial charge < -0.3 is 20.1 Å². The predicted molar refractivity (Wildman–Crippen MR) is 64.4 cm³/mol. The molecule has 2 unspecified atom stereocenters. The van der Waals surface area contributed by atoms with Crippen molar-refractivity contribution < 1.29 is 34.4 Å². The molecule has 0 bridgehead atoms. The summed E-state index contributed by atoms with van der Waals surface area (Å²) in [5, 5.41) is 26.9. The van der Waals surface area contributed by atoms with Crippen LogP contribution in [0.4, 0.5) is 0 Å². The second-order valence-corrected chi connectivity index (χ2v) is 4.99. The molecule has 0 rings (SSSR count). The van der Waals surface area contributed by atoms with E-state index in [2.05, 4.69) is 0 Å². The van der Waals surface area contributed by atoms with Crippen molar-refractivity contribution in [2.75, 3.05) is 6.61 Å². The maximum Gasteiger partial charge on any atom is 0.336 e. The Morgan fingerprint density at radius 2 is 1.63 bits per heavy atom. The van der Waals surface area contributed by atoms with Crippen molar-refractivity contribution in [1.29, 1.82) is 0 Å². The maximum absolute atomic E-state index is 11.4. The molecular weight excluding hydrogens is 256 g/mol. The minimum absolute atomic E-state index is 0.0846. The highest BCUT2D eigenvalue weighted by Gasteiger charge is 2.41. The first kappa shape index (κ1) is 17.4. The maximum atomic E-state index is 11.4. The van der Waals surface area contributed by atoms with E-state index < -0.39 is 36.4 Å². The zero-order chi connectivity index (χ0) is 15.2. The highest BCUT2D eigenvalue weighted by Crippen LogP contribution is 2.18. The Morgan fingerprint density at radius 1 is 1.11 bits per heavy atom. The average molecular weight is 276 g/mol. The van der Waals surface area contributed by atoms with E-state index in [-0.39, 0.29) is 18.4 Å². The first-order valence-corrected chi connectivity index (χ1v) is 5.91. The lowest BCUT2D eigenvalue weighted by Crippen LogP contribution is -2.43. The summed E-state index contributed by atoms with van der Waals surface area (Å²) >= 11 is 0. The molecule has 0 aromatic heterocycles. The summed E-state index contributed by atoms with van der Waals surface area (Å²) in [6.07, 6.45) is -1.95. The quantitative estimate of drug-likeness (QED) is 0.552. The van der Waals surface area contributed by atoms with Crippen LogP contribution in [-0.2, 0) is 19.1 Å². The van der Waals surface area contributed by atoms with Gasteiger partial charge in [0, 0.05) is 0 Å². The van der Waals surface area contributed by atoms with Gasteiger partial charge in [-0.2, -0.15) is 0 Å². The van der Waals surface area contributed by atoms with Crippen LogP contribution in [0.25, 0.3) is 0 Å². The number of hydrogen-bond donors (Lipinski definition) is 3. The molecule has 7 heteroatoms. The highest BCUT2D eigenvalue weighted by atomic mass is 16.5. The van der Waals surface area contributed by atoms with Crippen LogP contribution in [0.1, 0.15) is 33.6 Å². The summed E-state index contributed by atoms with van der Waals surface area (Å²) in [4.78, 5) is 32.7. The molecular formula is C12H20O7. The van der Waals surface area contributed by atoms with Gasteiger partial charge in [0.1, 0.15) is 0 Å². The Labute approximate surface area is 111 Å². The number of aliphatic hydroxyl groups is 1. The largest absolute Gasteiger partial charge is 0.481 e. The summed E-state index contributed by atoms with van der Waals surface area (Å²) in [5.74, 6) is -3.83. The third-order valence-electron chi connectivity index (χ3n) is 2.92. The topological polar surface area (TPSA) is 121 Å². The summed E-state index contributed by atoms with van der Waals surface area (Å²) in [6.45, 7) is 5.84. The first-order valence-electron chi connectivity index (χ1n) is 5.91. The number of esters is 1. The van der Waals surface area contributed by atoms with Crippen LogP contribution in [0.2, 0.25) is 0 Å². The summed E-state index contributed by atoms with van der Waals surface area (Å²) in [7, 11) is 0. The number of hydrogen-bond acceptors (Lipinski definition) is 5. The SMILES string of the molecule is CC(C)C(C)COC(=O)CC(O)(CC(=O)O)C(=O)O. The van der Waals surface area contributed by atoms with Crippen molar-refractivity contribution in [3.8, 4) is 0 Å². The molecule has 0 aliphatic heterocycles. The van der Waals surface area contributed by atoms with E-state index in [1.165, 1.54) is 0 Å². The van der Waals surface area contributed by atoms with Gasteiger partial charge >= 0.3 is 17.9 Å². The fourth-order valence-electron chi connectivity index (χ4n) is 1.17. The summed E-state index contributed by atoms with van der Waals surface area (Å²) in [5.41, 5.74) is -2.63. The van der Waals surface area contributed by atoms with E-state index in [0.29, 0.717) is 0 Å². The molecule has 0 heterocycles. The zero-order valence-electron chi connectivity index (χ0n) is 11.3. The number of ether oxygens (including phenoxy) is 1. The Hall–Kier alpha value is -1.63. The van der Waals surface area contributed by atoms with Crippen LogP contribution in [0.5, 0.6) is 0 Å². The minimum atomic E-state index is -2.63. The normalized spacial score (nSPS) is 15.6. The lowest BCUT2D eigenvalue weighted by atomic mass is 9.95. The molecule has 0 saturated carbocycles. The smallest absolute Gasteiger partial charge is 0.336 e. The van der Waals surface area contributed by atoms with Gasteiger partial charge in [-0.25, -0.2) is 4.79 Å². The fraction of sp³-hybridized carbons (Fsp3) is 0.750. The molecule has 0 radical (unpaired) electrons. The number of carbonyl (C=O) groups is 3. The van der Waals surface area contributed by atoms with Crippen molar-refractivity contribution in [3.63, 3.8) is 0 Å². The molecule has 2 atom stereocenters. The Bertz CT molecular complexity index is 350. The molecule has 0 fully saturated rings. The monoisotopic (exact) mass is 276 g/mol. The molecule has 0 saturated heterocycles. The molecule has 0 aliphatic carbocycles. The third kappa shape index (κ3) is 6.19. The summed E-state index contributed by atoms with van der Waals surface area (Å²) in [6, 6.07) is 0. The third-order valence-corrected chi connectivity index (χ3v) is 2.92. The van der Waals surface area contributed by atoms with Crippen molar-refractivity contribution >= 4 is 17.9 Å². The molecule has 0 spiro atoms. The molecule has 0 aromatic carbocycles. The predicted octanol–water partition coefficient (Wildman–Crippen LogP) is 0.502. The first-order chi connectivity index (χ1) is 8.58. The number of carboxylic acids is 2. The molecule has 7 nitrogen and oxygen atoms in total. The standard InChI is InChI=1S/C12H20O7/c1-7(2)8(3)6-19-10(15)5-12(18,11(16)17)4-9(13)14/h7-8,18H,4-6H2,1-3H3,(H,13,14)(H,16,17). The van der Waals surface area contributed by atoms with Crippen LogP contribution >= 0.6 is 0 Å². The van der Waals surface area contributed by atoms with Crippen LogP contribution in [-0.4, -0.2) is 45.4 Å². The van der Waals surface area contributed by atoms with Crippen LogP contribution in [0.3, 0.4) is 0 Å². The minimum Gasteiger partial charge on any atom is -0.481 e. The summed E-state index contributed by atoms with van der Waals surface area (Å²) < 4.78 is 4.84. The van der Waals surface area contributed by atoms with Crippen LogP contribution in [0.15, 0.2) is 0 Å². The van der Waals surface area contributed by atoms with Gasteiger partial charge in [0.2, 0.25) is 0 Å². The van der Waals surface area contributed by atoms with Gasteiger partial charge in [-0.1, -0.05) is 20.8 Å². The van der Waals surface area contributed by atoms with Crippen molar-refractivity contribution in [1.82, 2.24) is 0 Å². The number of carbonyl (C=O) groups excluding carboxylic acids is 1. The fourth-order valence-corrected chi connectivity index (χ4v) is 1.17. The molecule has 0 aliphatic rings. The Morgan fingerprint density at radius 3 is 2.00 bits per heavy atom. The van der Waals surface area contributed by atoms with Gasteiger partial charge in [-0.3, -0.25) is 9.59 Å². The van der Waals surface area contributed by atoms with E-state index >= 15 is 0 Å². The van der Waals surface area contributed by atoms with Gasteiger partial charge in [0.25, 0.3) is 0 Å². The Kier molecular flexibility index (Phi) is 6.47. The van der Waals surface area contributed by atoms with E-state index in [9.17, 15) is 19.5 Å². The van der Waals surface area contributed by atoms with E-state index in [1.54, 1.807) is 0 Å². The molecule has 110 valence electrons. The highest BCUT2D eigenvalue weighted by molar-refractivity contribution is 5.88. The number of carboxylic acid groups (broad SMARTS) is 2. The molecule has 0 aromatic rings. The van der Waals surface area contributed by atoms with Crippen molar-refractivity contribution in [2.45, 2.75) is 39.2 Å². The van der Waals surface area contributed by atoms with Crippen LogP contribution < -0.4 is 0 Å². The lowest BCUT2D eigenvalue weighted by molar-refractivity contribution is -0.172. The van der Waals surface area contributed by atoms with E-state index in [0.717, 1.165) is 0 Å². The van der Waals surface area contributed by atoms with Gasteiger partial charge in [0.05, 0.1) is 19.4 Å². The van der Waals surface area contributed by atoms with Gasteiger partial charge in [-0.05, 0) is 11.8 Å². The van der Waals surface area contributed by atoms with E-state index in [1.807, 2.05) is 20.8 Å². The lowest BCUT2D eigenvalue weighted by Gasteiger charge is -2.21. The average Bonchev–Trinajstić information content (AvgIpc) is 2.24. The number of rotatable bonds is 8. The second-order valence-electron chi connectivity index (χ2n) is 4.99. The van der Waals surface area contributed by atoms with Crippen molar-refractivity contribution in [3.05, 3.63) is 0 Å². The zero-order valence-corrected chi connectivity index (χ0v) is 11.3. The number of aliphatic carboxylic acids is 2. The second kappa shape index (κ2) is 7.08. The van der Waals surface area contributed by atoms with Gasteiger partial charge in [-0.15, -0.1) is 0 Å². The van der Waals surface area contributed by atoms with E-state index in [4.69, 9.17) is 14.9 Å². The molecule has 0 amide bonds. The van der Waals surface area contributed by atoms with Crippen molar-refractivity contribution in [2.24, 2.45) is 11.8 Å². The molecule has 19 heavy (non-hydrogen) atoms.